The first-order valence-electron chi connectivity index (χ1n) is 9.73. The molecule has 0 spiro atoms. The fraction of sp³-hybridized carbons (Fsp3) is 0.318. The lowest BCUT2D eigenvalue weighted by Gasteiger charge is -2.17. The van der Waals surface area contributed by atoms with Crippen LogP contribution in [0, 0.1) is 6.92 Å². The third-order valence-corrected chi connectivity index (χ3v) is 6.52. The Labute approximate surface area is 194 Å². The van der Waals surface area contributed by atoms with Gasteiger partial charge in [0.2, 0.25) is 5.91 Å². The van der Waals surface area contributed by atoms with E-state index in [1.807, 2.05) is 6.92 Å². The molecular weight excluding hydrogens is 457 g/mol. The van der Waals surface area contributed by atoms with Gasteiger partial charge in [0.25, 0.3) is 5.56 Å². The second-order valence-electron chi connectivity index (χ2n) is 7.02. The van der Waals surface area contributed by atoms with E-state index in [1.165, 1.54) is 11.8 Å². The second kappa shape index (κ2) is 10.5. The Morgan fingerprint density at radius 1 is 1.29 bits per heavy atom. The Kier molecular flexibility index (Phi) is 8.00. The van der Waals surface area contributed by atoms with Crippen LogP contribution in [0.5, 0.6) is 0 Å². The lowest BCUT2D eigenvalue weighted by atomic mass is 10.2. The molecule has 0 radical (unpaired) electrons. The smallest absolute Gasteiger partial charge is 0.262 e. The van der Waals surface area contributed by atoms with Gasteiger partial charge >= 0.3 is 0 Å². The highest BCUT2D eigenvalue weighted by molar-refractivity contribution is 8.00. The molecule has 0 fully saturated rings. The zero-order valence-corrected chi connectivity index (χ0v) is 19.8. The van der Waals surface area contributed by atoms with Gasteiger partial charge < -0.3 is 10.1 Å². The van der Waals surface area contributed by atoms with E-state index in [9.17, 15) is 9.59 Å². The molecule has 3 aromatic rings. The Balaban J connectivity index is 1.90. The molecule has 6 nitrogen and oxygen atoms in total. The maximum Gasteiger partial charge on any atom is 0.262 e. The zero-order valence-electron chi connectivity index (χ0n) is 17.4. The van der Waals surface area contributed by atoms with Gasteiger partial charge in [-0.25, -0.2) is 4.98 Å². The van der Waals surface area contributed by atoms with Crippen LogP contribution in [0.2, 0.25) is 10.0 Å². The Morgan fingerprint density at radius 3 is 2.81 bits per heavy atom. The third-order valence-electron chi connectivity index (χ3n) is 4.79. The zero-order chi connectivity index (χ0) is 22.5. The number of hydrogen-bond donors (Lipinski definition) is 1. The van der Waals surface area contributed by atoms with Crippen LogP contribution in [-0.2, 0) is 16.1 Å². The molecule has 31 heavy (non-hydrogen) atoms. The van der Waals surface area contributed by atoms with Crippen LogP contribution in [0.15, 0.2) is 46.3 Å². The van der Waals surface area contributed by atoms with Crippen molar-refractivity contribution >= 4 is 57.5 Å². The number of fused-ring (bicyclic) bond motifs is 1. The number of carbonyl (C=O) groups excluding carboxylic acids is 1. The minimum Gasteiger partial charge on any atom is -0.385 e. The highest BCUT2D eigenvalue weighted by Gasteiger charge is 2.20. The number of methoxy groups -OCH3 is 1. The summed E-state index contributed by atoms with van der Waals surface area (Å²) in [5.74, 6) is -0.209. The standard InChI is InChI=1S/C22H23Cl2N3O3S/c1-13-17(24)6-4-7-18(13)25-20(28)14(2)31-22-26-19-12-15(23)8-9-16(19)21(29)27(22)10-5-11-30-3/h4,6-9,12,14H,5,10-11H2,1-3H3,(H,25,28)/t14-/m1/s1. The largest absolute Gasteiger partial charge is 0.385 e. The molecule has 1 N–H and O–H groups in total. The molecule has 0 saturated heterocycles. The van der Waals surface area contributed by atoms with Crippen molar-refractivity contribution in [1.82, 2.24) is 9.55 Å². The number of thioether (sulfide) groups is 1. The van der Waals surface area contributed by atoms with Gasteiger partial charge in [-0.15, -0.1) is 0 Å². The van der Waals surface area contributed by atoms with E-state index in [0.29, 0.717) is 51.4 Å². The first kappa shape index (κ1) is 23.6. The van der Waals surface area contributed by atoms with Gasteiger partial charge in [-0.1, -0.05) is 41.0 Å². The van der Waals surface area contributed by atoms with E-state index in [-0.39, 0.29) is 11.5 Å². The van der Waals surface area contributed by atoms with Crippen LogP contribution in [0.25, 0.3) is 10.9 Å². The molecule has 1 amide bonds. The van der Waals surface area contributed by atoms with E-state index in [0.717, 1.165) is 5.56 Å². The van der Waals surface area contributed by atoms with Crippen molar-refractivity contribution in [2.24, 2.45) is 0 Å². The SMILES string of the molecule is COCCCn1c(S[C@H](C)C(=O)Nc2cccc(Cl)c2C)nc2cc(Cl)ccc2c1=O. The van der Waals surface area contributed by atoms with Crippen molar-refractivity contribution in [3.63, 3.8) is 0 Å². The Bertz CT molecular complexity index is 1170. The van der Waals surface area contributed by atoms with Crippen LogP contribution >= 0.6 is 35.0 Å². The first-order valence-corrected chi connectivity index (χ1v) is 11.4. The monoisotopic (exact) mass is 479 g/mol. The third kappa shape index (κ3) is 5.60. The van der Waals surface area contributed by atoms with Gasteiger partial charge in [0.15, 0.2) is 5.16 Å². The van der Waals surface area contributed by atoms with Crippen molar-refractivity contribution in [1.29, 1.82) is 0 Å². The minimum atomic E-state index is -0.504. The van der Waals surface area contributed by atoms with Crippen LogP contribution in [-0.4, -0.2) is 34.4 Å². The molecule has 3 rings (SSSR count). The van der Waals surface area contributed by atoms with Crippen molar-refractivity contribution < 1.29 is 9.53 Å². The number of aromatic nitrogens is 2. The summed E-state index contributed by atoms with van der Waals surface area (Å²) < 4.78 is 6.71. The fourth-order valence-electron chi connectivity index (χ4n) is 3.02. The normalized spacial score (nSPS) is 12.2. The van der Waals surface area contributed by atoms with Crippen molar-refractivity contribution in [3.8, 4) is 0 Å². The van der Waals surface area contributed by atoms with Gasteiger partial charge in [0.05, 0.1) is 16.2 Å². The molecule has 1 aromatic heterocycles. The molecule has 0 saturated carbocycles. The molecule has 1 heterocycles. The second-order valence-corrected chi connectivity index (χ2v) is 9.17. The molecule has 9 heteroatoms. The molecule has 0 aliphatic rings. The van der Waals surface area contributed by atoms with E-state index in [1.54, 1.807) is 55.0 Å². The molecule has 0 aliphatic carbocycles. The average Bonchev–Trinajstić information content (AvgIpc) is 2.73. The predicted molar refractivity (Wildman–Crippen MR) is 128 cm³/mol. The molecule has 2 aromatic carbocycles. The topological polar surface area (TPSA) is 73.2 Å². The molecule has 1 atom stereocenters. The van der Waals surface area contributed by atoms with Crippen LogP contribution < -0.4 is 10.9 Å². The fourth-order valence-corrected chi connectivity index (χ4v) is 4.29. The summed E-state index contributed by atoms with van der Waals surface area (Å²) in [5, 5.41) is 4.42. The Morgan fingerprint density at radius 2 is 2.06 bits per heavy atom. The summed E-state index contributed by atoms with van der Waals surface area (Å²) in [6.07, 6.45) is 0.646. The first-order chi connectivity index (χ1) is 14.8. The summed E-state index contributed by atoms with van der Waals surface area (Å²) in [6, 6.07) is 10.3. The van der Waals surface area contributed by atoms with E-state index < -0.39 is 5.25 Å². The number of rotatable bonds is 8. The molecular formula is C22H23Cl2N3O3S. The van der Waals surface area contributed by atoms with E-state index in [4.69, 9.17) is 27.9 Å². The number of hydrogen-bond acceptors (Lipinski definition) is 5. The summed E-state index contributed by atoms with van der Waals surface area (Å²) >= 11 is 13.5. The summed E-state index contributed by atoms with van der Waals surface area (Å²) in [4.78, 5) is 30.5. The number of ether oxygens (including phenoxy) is 1. The summed E-state index contributed by atoms with van der Waals surface area (Å²) in [7, 11) is 1.61. The lowest BCUT2D eigenvalue weighted by molar-refractivity contribution is -0.115. The van der Waals surface area contributed by atoms with Gasteiger partial charge in [-0.05, 0) is 56.2 Å². The van der Waals surface area contributed by atoms with Crippen LogP contribution in [0.4, 0.5) is 5.69 Å². The molecule has 0 unspecified atom stereocenters. The van der Waals surface area contributed by atoms with Crippen molar-refractivity contribution in [2.45, 2.75) is 37.2 Å². The number of amides is 1. The number of halogens is 2. The summed E-state index contributed by atoms with van der Waals surface area (Å²) in [5.41, 5.74) is 1.78. The number of anilines is 1. The van der Waals surface area contributed by atoms with E-state index in [2.05, 4.69) is 10.3 Å². The lowest BCUT2D eigenvalue weighted by Crippen LogP contribution is -2.27. The highest BCUT2D eigenvalue weighted by atomic mass is 35.5. The highest BCUT2D eigenvalue weighted by Crippen LogP contribution is 2.27. The van der Waals surface area contributed by atoms with Crippen LogP contribution in [0.3, 0.4) is 0 Å². The molecule has 0 aliphatic heterocycles. The number of nitrogens with zero attached hydrogens (tertiary/aromatic N) is 2. The summed E-state index contributed by atoms with van der Waals surface area (Å²) in [6.45, 7) is 4.56. The van der Waals surface area contributed by atoms with E-state index >= 15 is 0 Å². The quantitative estimate of drug-likeness (QED) is 0.274. The van der Waals surface area contributed by atoms with Gasteiger partial charge in [0, 0.05) is 36.0 Å². The maximum atomic E-state index is 13.1. The molecule has 0 bridgehead atoms. The number of benzene rings is 2. The average molecular weight is 480 g/mol. The number of nitrogens with one attached hydrogen (secondary N) is 1. The minimum absolute atomic E-state index is 0.168. The van der Waals surface area contributed by atoms with Gasteiger partial charge in [0.1, 0.15) is 0 Å². The Hall–Kier alpha value is -2.06. The molecule has 164 valence electrons. The van der Waals surface area contributed by atoms with Crippen molar-refractivity contribution in [3.05, 3.63) is 62.4 Å². The number of carbonyl (C=O) groups is 1. The maximum absolute atomic E-state index is 13.1. The van der Waals surface area contributed by atoms with Crippen LogP contribution in [0.1, 0.15) is 18.9 Å². The van der Waals surface area contributed by atoms with Gasteiger partial charge in [-0.3, -0.25) is 14.2 Å². The van der Waals surface area contributed by atoms with Crippen molar-refractivity contribution in [2.75, 3.05) is 19.0 Å². The van der Waals surface area contributed by atoms with Gasteiger partial charge in [-0.2, -0.15) is 0 Å². The predicted octanol–water partition coefficient (Wildman–Crippen LogP) is 5.17.